The number of nitrogens with one attached hydrogen (secondary N) is 2. The number of para-hydroxylation sites is 1. The standard InChI is InChI=1S/C20H19FN4O3S/c1-2-11-22-19(28)24-17(26)12-29-20-23-16-6-4-3-5-15(16)18(27)25(20)14-9-7-13(21)8-10-14/h3-10H,2,11-12H2,1H3,(H2,22,24,26,28). The van der Waals surface area contributed by atoms with Crippen molar-refractivity contribution in [3.05, 3.63) is 64.7 Å². The predicted octanol–water partition coefficient (Wildman–Crippen LogP) is 2.85. The van der Waals surface area contributed by atoms with Gasteiger partial charge in [0, 0.05) is 6.54 Å². The van der Waals surface area contributed by atoms with E-state index in [-0.39, 0.29) is 16.5 Å². The molecule has 3 aromatic rings. The van der Waals surface area contributed by atoms with E-state index >= 15 is 0 Å². The van der Waals surface area contributed by atoms with E-state index in [0.717, 1.165) is 18.2 Å². The second kappa shape index (κ2) is 9.33. The van der Waals surface area contributed by atoms with Crippen molar-refractivity contribution >= 4 is 34.6 Å². The SMILES string of the molecule is CCCNC(=O)NC(=O)CSc1nc2ccccc2c(=O)n1-c1ccc(F)cc1. The van der Waals surface area contributed by atoms with E-state index in [9.17, 15) is 18.8 Å². The number of hydrogen-bond donors (Lipinski definition) is 2. The maximum absolute atomic E-state index is 13.3. The summed E-state index contributed by atoms with van der Waals surface area (Å²) in [7, 11) is 0. The number of fused-ring (bicyclic) bond motifs is 1. The molecule has 7 nitrogen and oxygen atoms in total. The van der Waals surface area contributed by atoms with Crippen molar-refractivity contribution < 1.29 is 14.0 Å². The van der Waals surface area contributed by atoms with Gasteiger partial charge in [-0.1, -0.05) is 30.8 Å². The van der Waals surface area contributed by atoms with Gasteiger partial charge >= 0.3 is 6.03 Å². The monoisotopic (exact) mass is 414 g/mol. The molecule has 9 heteroatoms. The van der Waals surface area contributed by atoms with Crippen LogP contribution in [-0.4, -0.2) is 33.8 Å². The van der Waals surface area contributed by atoms with Crippen LogP contribution in [0, 0.1) is 5.82 Å². The zero-order chi connectivity index (χ0) is 20.8. The van der Waals surface area contributed by atoms with Crippen molar-refractivity contribution in [1.29, 1.82) is 0 Å². The molecule has 2 aromatic carbocycles. The van der Waals surface area contributed by atoms with E-state index in [1.54, 1.807) is 24.3 Å². The molecule has 3 rings (SSSR count). The van der Waals surface area contributed by atoms with Crippen molar-refractivity contribution in [1.82, 2.24) is 20.2 Å². The molecule has 0 fully saturated rings. The van der Waals surface area contributed by atoms with Crippen LogP contribution < -0.4 is 16.2 Å². The lowest BCUT2D eigenvalue weighted by Gasteiger charge is -2.13. The first kappa shape index (κ1) is 20.5. The summed E-state index contributed by atoms with van der Waals surface area (Å²) in [5.74, 6) is -1.06. The number of urea groups is 1. The van der Waals surface area contributed by atoms with Crippen molar-refractivity contribution in [2.24, 2.45) is 0 Å². The summed E-state index contributed by atoms with van der Waals surface area (Å²) in [6.45, 7) is 2.36. The number of thioether (sulfide) groups is 1. The number of hydrogen-bond acceptors (Lipinski definition) is 5. The fourth-order valence-corrected chi connectivity index (χ4v) is 3.42. The molecule has 150 valence electrons. The molecule has 1 aromatic heterocycles. The predicted molar refractivity (Wildman–Crippen MR) is 110 cm³/mol. The van der Waals surface area contributed by atoms with Crippen LogP contribution in [0.2, 0.25) is 0 Å². The summed E-state index contributed by atoms with van der Waals surface area (Å²) >= 11 is 1.02. The zero-order valence-electron chi connectivity index (χ0n) is 15.6. The fourth-order valence-electron chi connectivity index (χ4n) is 2.60. The second-order valence-corrected chi connectivity index (χ2v) is 7.06. The normalized spacial score (nSPS) is 10.7. The minimum absolute atomic E-state index is 0.120. The quantitative estimate of drug-likeness (QED) is 0.478. The molecule has 29 heavy (non-hydrogen) atoms. The average Bonchev–Trinajstić information content (AvgIpc) is 2.72. The Morgan fingerprint density at radius 1 is 1.14 bits per heavy atom. The van der Waals surface area contributed by atoms with Gasteiger partial charge in [-0.15, -0.1) is 0 Å². The highest BCUT2D eigenvalue weighted by molar-refractivity contribution is 7.99. The third-order valence-electron chi connectivity index (χ3n) is 3.95. The van der Waals surface area contributed by atoms with Crippen LogP contribution in [0.15, 0.2) is 58.5 Å². The topological polar surface area (TPSA) is 93.1 Å². The molecule has 0 aliphatic carbocycles. The van der Waals surface area contributed by atoms with Crippen LogP contribution in [-0.2, 0) is 4.79 Å². The van der Waals surface area contributed by atoms with Crippen LogP contribution in [0.3, 0.4) is 0 Å². The lowest BCUT2D eigenvalue weighted by atomic mass is 10.2. The molecule has 0 bridgehead atoms. The van der Waals surface area contributed by atoms with E-state index in [4.69, 9.17) is 0 Å². The van der Waals surface area contributed by atoms with Gasteiger partial charge in [0.25, 0.3) is 5.56 Å². The molecule has 0 spiro atoms. The highest BCUT2D eigenvalue weighted by atomic mass is 32.2. The smallest absolute Gasteiger partial charge is 0.321 e. The van der Waals surface area contributed by atoms with Crippen LogP contribution >= 0.6 is 11.8 Å². The zero-order valence-corrected chi connectivity index (χ0v) is 16.5. The van der Waals surface area contributed by atoms with E-state index < -0.39 is 17.8 Å². The Labute approximate surface area is 170 Å². The summed E-state index contributed by atoms with van der Waals surface area (Å²) in [6, 6.07) is 11.7. The Bertz CT molecular complexity index is 1100. The highest BCUT2D eigenvalue weighted by Crippen LogP contribution is 2.21. The molecule has 3 amide bonds. The van der Waals surface area contributed by atoms with Gasteiger partial charge in [-0.05, 0) is 42.8 Å². The Kier molecular flexibility index (Phi) is 6.61. The van der Waals surface area contributed by atoms with Gasteiger partial charge in [0.15, 0.2) is 5.16 Å². The van der Waals surface area contributed by atoms with Crippen LogP contribution in [0.1, 0.15) is 13.3 Å². The fraction of sp³-hybridized carbons (Fsp3) is 0.200. The van der Waals surface area contributed by atoms with Crippen molar-refractivity contribution in [3.63, 3.8) is 0 Å². The first-order valence-corrected chi connectivity index (χ1v) is 9.96. The Morgan fingerprint density at radius 2 is 1.86 bits per heavy atom. The lowest BCUT2D eigenvalue weighted by Crippen LogP contribution is -2.40. The van der Waals surface area contributed by atoms with Crippen molar-refractivity contribution in [2.45, 2.75) is 18.5 Å². The minimum atomic E-state index is -0.570. The Balaban J connectivity index is 1.91. The summed E-state index contributed by atoms with van der Waals surface area (Å²) in [5.41, 5.74) is 0.587. The first-order chi connectivity index (χ1) is 14.0. The minimum Gasteiger partial charge on any atom is -0.338 e. The van der Waals surface area contributed by atoms with Gasteiger partial charge < -0.3 is 5.32 Å². The third-order valence-corrected chi connectivity index (χ3v) is 4.89. The summed E-state index contributed by atoms with van der Waals surface area (Å²) < 4.78 is 14.7. The number of rotatable bonds is 6. The number of amides is 3. The van der Waals surface area contributed by atoms with Gasteiger partial charge in [-0.3, -0.25) is 19.5 Å². The van der Waals surface area contributed by atoms with Gasteiger partial charge in [0.05, 0.1) is 22.3 Å². The maximum Gasteiger partial charge on any atom is 0.321 e. The largest absolute Gasteiger partial charge is 0.338 e. The number of halogens is 1. The molecular weight excluding hydrogens is 395 g/mol. The van der Waals surface area contributed by atoms with Crippen LogP contribution in [0.5, 0.6) is 0 Å². The highest BCUT2D eigenvalue weighted by Gasteiger charge is 2.15. The molecular formula is C20H19FN4O3S. The van der Waals surface area contributed by atoms with E-state index in [0.29, 0.717) is 23.1 Å². The molecule has 0 unspecified atom stereocenters. The molecule has 2 N–H and O–H groups in total. The van der Waals surface area contributed by atoms with Gasteiger partial charge in [0.2, 0.25) is 5.91 Å². The Hall–Kier alpha value is -3.20. The third kappa shape index (κ3) is 5.00. The first-order valence-electron chi connectivity index (χ1n) is 8.98. The lowest BCUT2D eigenvalue weighted by molar-refractivity contribution is -0.117. The van der Waals surface area contributed by atoms with Gasteiger partial charge in [0.1, 0.15) is 5.82 Å². The van der Waals surface area contributed by atoms with E-state index in [1.807, 2.05) is 6.92 Å². The molecule has 0 saturated carbocycles. The molecule has 0 aliphatic heterocycles. The summed E-state index contributed by atoms with van der Waals surface area (Å²) in [6.07, 6.45) is 0.751. The van der Waals surface area contributed by atoms with Crippen LogP contribution in [0.25, 0.3) is 16.6 Å². The second-order valence-electron chi connectivity index (χ2n) is 6.12. The summed E-state index contributed by atoms with van der Waals surface area (Å²) in [4.78, 5) is 41.2. The van der Waals surface area contributed by atoms with Crippen molar-refractivity contribution in [2.75, 3.05) is 12.3 Å². The van der Waals surface area contributed by atoms with Crippen LogP contribution in [0.4, 0.5) is 9.18 Å². The Morgan fingerprint density at radius 3 is 2.59 bits per heavy atom. The van der Waals surface area contributed by atoms with Crippen molar-refractivity contribution in [3.8, 4) is 5.69 Å². The van der Waals surface area contributed by atoms with E-state index in [1.165, 1.54) is 28.8 Å². The average molecular weight is 414 g/mol. The molecule has 0 atom stereocenters. The van der Waals surface area contributed by atoms with Gasteiger partial charge in [-0.25, -0.2) is 14.2 Å². The number of benzene rings is 2. The molecule has 0 saturated heterocycles. The number of aromatic nitrogens is 2. The number of carbonyl (C=O) groups excluding carboxylic acids is 2. The molecule has 0 aliphatic rings. The number of carbonyl (C=O) groups is 2. The maximum atomic E-state index is 13.3. The number of imide groups is 1. The molecule has 0 radical (unpaired) electrons. The van der Waals surface area contributed by atoms with Gasteiger partial charge in [-0.2, -0.15) is 0 Å². The summed E-state index contributed by atoms with van der Waals surface area (Å²) in [5, 5.41) is 5.45. The number of nitrogens with zero attached hydrogens (tertiary/aromatic N) is 2. The molecule has 1 heterocycles. The van der Waals surface area contributed by atoms with E-state index in [2.05, 4.69) is 15.6 Å².